The zero-order valence-electron chi connectivity index (χ0n) is 8.89. The summed E-state index contributed by atoms with van der Waals surface area (Å²) in [6, 6.07) is 7.25. The molecule has 86 valence electrons. The smallest absolute Gasteiger partial charge is 0.307 e. The third-order valence-electron chi connectivity index (χ3n) is 3.06. The minimum absolute atomic E-state index is 0.205. The first-order chi connectivity index (χ1) is 7.66. The highest BCUT2D eigenvalue weighted by Crippen LogP contribution is 2.26. The number of hydrogen-bond acceptors (Lipinski definition) is 3. The van der Waals surface area contributed by atoms with Crippen molar-refractivity contribution in [3.8, 4) is 5.75 Å². The van der Waals surface area contributed by atoms with Crippen LogP contribution in [0.1, 0.15) is 24.4 Å². The lowest BCUT2D eigenvalue weighted by Gasteiger charge is -2.27. The molecule has 2 atom stereocenters. The standard InChI is InChI=1S/C12H15NO3/c14-10-4-1-8(2-5-10)11-6-3-9(7-13-11)12(15)16/h1-2,4-5,9,11,13-14H,3,6-7H2,(H,15,16). The van der Waals surface area contributed by atoms with Crippen molar-refractivity contribution < 1.29 is 15.0 Å². The maximum Gasteiger partial charge on any atom is 0.307 e. The Hall–Kier alpha value is -1.55. The number of hydrogen-bond donors (Lipinski definition) is 3. The zero-order valence-corrected chi connectivity index (χ0v) is 8.89. The van der Waals surface area contributed by atoms with Crippen molar-refractivity contribution in [3.05, 3.63) is 29.8 Å². The Kier molecular flexibility index (Phi) is 3.10. The number of phenolic OH excluding ortho intramolecular Hbond substituents is 1. The average molecular weight is 221 g/mol. The molecule has 16 heavy (non-hydrogen) atoms. The Morgan fingerprint density at radius 3 is 2.44 bits per heavy atom. The lowest BCUT2D eigenvalue weighted by atomic mass is 9.91. The molecule has 1 aliphatic rings. The topological polar surface area (TPSA) is 69.6 Å². The summed E-state index contributed by atoms with van der Waals surface area (Å²) >= 11 is 0. The quantitative estimate of drug-likeness (QED) is 0.708. The molecule has 1 saturated heterocycles. The SMILES string of the molecule is O=C(O)C1CCC(c2ccc(O)cc2)NC1. The van der Waals surface area contributed by atoms with Gasteiger partial charge < -0.3 is 15.5 Å². The van der Waals surface area contributed by atoms with Crippen LogP contribution in [0.15, 0.2) is 24.3 Å². The molecule has 4 nitrogen and oxygen atoms in total. The van der Waals surface area contributed by atoms with Gasteiger partial charge in [0.1, 0.15) is 5.75 Å². The van der Waals surface area contributed by atoms with Gasteiger partial charge in [-0.05, 0) is 30.5 Å². The fourth-order valence-corrected chi connectivity index (χ4v) is 2.06. The molecule has 0 aromatic heterocycles. The third-order valence-corrected chi connectivity index (χ3v) is 3.06. The summed E-state index contributed by atoms with van der Waals surface area (Å²) in [6.45, 7) is 0.515. The van der Waals surface area contributed by atoms with Crippen LogP contribution in [0.2, 0.25) is 0 Å². The Balaban J connectivity index is 1.99. The van der Waals surface area contributed by atoms with E-state index >= 15 is 0 Å². The predicted molar refractivity (Wildman–Crippen MR) is 59.2 cm³/mol. The molecule has 3 N–H and O–H groups in total. The van der Waals surface area contributed by atoms with Gasteiger partial charge in [0, 0.05) is 12.6 Å². The highest BCUT2D eigenvalue weighted by molar-refractivity contribution is 5.70. The number of benzene rings is 1. The van der Waals surface area contributed by atoms with Crippen LogP contribution < -0.4 is 5.32 Å². The van der Waals surface area contributed by atoms with Gasteiger partial charge >= 0.3 is 5.97 Å². The van der Waals surface area contributed by atoms with Gasteiger partial charge in [0.2, 0.25) is 0 Å². The van der Waals surface area contributed by atoms with Gasteiger partial charge in [-0.3, -0.25) is 4.79 Å². The number of rotatable bonds is 2. The molecule has 0 amide bonds. The van der Waals surface area contributed by atoms with Gasteiger partial charge in [-0.25, -0.2) is 0 Å². The van der Waals surface area contributed by atoms with Crippen molar-refractivity contribution in [2.75, 3.05) is 6.54 Å². The van der Waals surface area contributed by atoms with E-state index in [9.17, 15) is 9.90 Å². The Morgan fingerprint density at radius 2 is 1.94 bits per heavy atom. The minimum atomic E-state index is -0.725. The van der Waals surface area contributed by atoms with Crippen molar-refractivity contribution >= 4 is 5.97 Å². The summed E-state index contributed by atoms with van der Waals surface area (Å²) in [5.74, 6) is -0.743. The number of nitrogens with one attached hydrogen (secondary N) is 1. The van der Waals surface area contributed by atoms with E-state index in [4.69, 9.17) is 5.11 Å². The van der Waals surface area contributed by atoms with Crippen LogP contribution in [0.4, 0.5) is 0 Å². The Morgan fingerprint density at radius 1 is 1.25 bits per heavy atom. The first-order valence-corrected chi connectivity index (χ1v) is 5.42. The van der Waals surface area contributed by atoms with E-state index in [2.05, 4.69) is 5.32 Å². The summed E-state index contributed by atoms with van der Waals surface area (Å²) in [5.41, 5.74) is 1.10. The van der Waals surface area contributed by atoms with Gasteiger partial charge in [0.15, 0.2) is 0 Å². The van der Waals surface area contributed by atoms with Crippen LogP contribution in [-0.4, -0.2) is 22.7 Å². The predicted octanol–water partition coefficient (Wildman–Crippen LogP) is 1.52. The minimum Gasteiger partial charge on any atom is -0.508 e. The van der Waals surface area contributed by atoms with Crippen LogP contribution in [-0.2, 0) is 4.79 Å². The maximum absolute atomic E-state index is 10.8. The highest BCUT2D eigenvalue weighted by Gasteiger charge is 2.25. The zero-order chi connectivity index (χ0) is 11.5. The maximum atomic E-state index is 10.8. The van der Waals surface area contributed by atoms with Gasteiger partial charge in [-0.15, -0.1) is 0 Å². The Bertz CT molecular complexity index is 366. The fraction of sp³-hybridized carbons (Fsp3) is 0.417. The molecular formula is C12H15NO3. The van der Waals surface area contributed by atoms with Gasteiger partial charge in [0.05, 0.1) is 5.92 Å². The molecule has 0 spiro atoms. The third kappa shape index (κ3) is 2.33. The van der Waals surface area contributed by atoms with Crippen LogP contribution in [0, 0.1) is 5.92 Å². The van der Waals surface area contributed by atoms with Crippen molar-refractivity contribution in [2.24, 2.45) is 5.92 Å². The first kappa shape index (κ1) is 11.0. The van der Waals surface area contributed by atoms with Crippen LogP contribution in [0.25, 0.3) is 0 Å². The average Bonchev–Trinajstić information content (AvgIpc) is 2.30. The van der Waals surface area contributed by atoms with Gasteiger partial charge in [-0.1, -0.05) is 12.1 Å². The van der Waals surface area contributed by atoms with Crippen molar-refractivity contribution in [1.29, 1.82) is 0 Å². The van der Waals surface area contributed by atoms with E-state index in [0.717, 1.165) is 12.0 Å². The summed E-state index contributed by atoms with van der Waals surface area (Å²) < 4.78 is 0. The van der Waals surface area contributed by atoms with E-state index in [0.29, 0.717) is 13.0 Å². The van der Waals surface area contributed by atoms with Gasteiger partial charge in [-0.2, -0.15) is 0 Å². The van der Waals surface area contributed by atoms with Crippen LogP contribution >= 0.6 is 0 Å². The highest BCUT2D eigenvalue weighted by atomic mass is 16.4. The summed E-state index contributed by atoms with van der Waals surface area (Å²) in [4.78, 5) is 10.8. The van der Waals surface area contributed by atoms with E-state index in [1.807, 2.05) is 12.1 Å². The number of aliphatic carboxylic acids is 1. The second-order valence-electron chi connectivity index (χ2n) is 4.16. The number of carbonyl (C=O) groups is 1. The molecule has 1 aromatic rings. The van der Waals surface area contributed by atoms with E-state index in [1.54, 1.807) is 12.1 Å². The fourth-order valence-electron chi connectivity index (χ4n) is 2.06. The first-order valence-electron chi connectivity index (χ1n) is 5.42. The second kappa shape index (κ2) is 4.53. The second-order valence-corrected chi connectivity index (χ2v) is 4.16. The van der Waals surface area contributed by atoms with Crippen molar-refractivity contribution in [2.45, 2.75) is 18.9 Å². The molecular weight excluding hydrogens is 206 g/mol. The van der Waals surface area contributed by atoms with Crippen molar-refractivity contribution in [1.82, 2.24) is 5.32 Å². The molecule has 2 unspecified atom stereocenters. The number of piperidine rings is 1. The Labute approximate surface area is 93.9 Å². The molecule has 1 fully saturated rings. The van der Waals surface area contributed by atoms with Crippen LogP contribution in [0.5, 0.6) is 5.75 Å². The molecule has 0 aliphatic carbocycles. The lowest BCUT2D eigenvalue weighted by molar-refractivity contribution is -0.142. The molecule has 0 saturated carbocycles. The molecule has 1 aliphatic heterocycles. The normalized spacial score (nSPS) is 25.2. The number of aromatic hydroxyl groups is 1. The molecule has 0 radical (unpaired) electrons. The van der Waals surface area contributed by atoms with Gasteiger partial charge in [0.25, 0.3) is 0 Å². The molecule has 1 heterocycles. The van der Waals surface area contributed by atoms with E-state index < -0.39 is 5.97 Å². The largest absolute Gasteiger partial charge is 0.508 e. The van der Waals surface area contributed by atoms with E-state index in [-0.39, 0.29) is 17.7 Å². The summed E-state index contributed by atoms with van der Waals surface area (Å²) in [6.07, 6.45) is 1.52. The number of carboxylic acids is 1. The van der Waals surface area contributed by atoms with Crippen LogP contribution in [0.3, 0.4) is 0 Å². The molecule has 2 rings (SSSR count). The summed E-state index contributed by atoms with van der Waals surface area (Å²) in [7, 11) is 0. The molecule has 1 aromatic carbocycles. The summed E-state index contributed by atoms with van der Waals surface area (Å²) in [5, 5.41) is 21.3. The molecule has 0 bridgehead atoms. The number of carboxylic acid groups (broad SMARTS) is 1. The molecule has 4 heteroatoms. The van der Waals surface area contributed by atoms with E-state index in [1.165, 1.54) is 0 Å². The van der Waals surface area contributed by atoms with Crippen molar-refractivity contribution in [3.63, 3.8) is 0 Å². The monoisotopic (exact) mass is 221 g/mol. The lowest BCUT2D eigenvalue weighted by Crippen LogP contribution is -2.36. The number of phenols is 1.